The van der Waals surface area contributed by atoms with Crippen molar-refractivity contribution in [1.82, 2.24) is 5.32 Å². The van der Waals surface area contributed by atoms with E-state index < -0.39 is 23.8 Å². The molecule has 0 aromatic heterocycles. The first kappa shape index (κ1) is 16.5. The molecule has 0 heterocycles. The molecule has 0 spiro atoms. The summed E-state index contributed by atoms with van der Waals surface area (Å²) in [6.45, 7) is 1.79. The second-order valence-corrected chi connectivity index (χ2v) is 4.08. The minimum atomic E-state index is -4.46. The van der Waals surface area contributed by atoms with Crippen LogP contribution in [0.25, 0.3) is 0 Å². The summed E-state index contributed by atoms with van der Waals surface area (Å²) in [5.74, 6) is -0.433. The number of hydrogen-bond acceptors (Lipinski definition) is 3. The van der Waals surface area contributed by atoms with Crippen LogP contribution in [0.3, 0.4) is 0 Å². The highest BCUT2D eigenvalue weighted by atomic mass is 19.4. The lowest BCUT2D eigenvalue weighted by molar-refractivity contribution is -0.137. The van der Waals surface area contributed by atoms with Crippen LogP contribution >= 0.6 is 0 Å². The maximum atomic E-state index is 12.5. The molecule has 112 valence electrons. The van der Waals surface area contributed by atoms with Crippen LogP contribution in [0.1, 0.15) is 24.2 Å². The molecule has 1 amide bonds. The van der Waals surface area contributed by atoms with Crippen LogP contribution in [0.4, 0.5) is 13.2 Å². The molecule has 1 unspecified atom stereocenters. The molecule has 7 heteroatoms. The largest absolute Gasteiger partial charge is 0.416 e. The zero-order valence-corrected chi connectivity index (χ0v) is 10.9. The average molecular weight is 291 g/mol. The number of carbonyl (C=O) groups is 1. The molecule has 0 aliphatic carbocycles. The molecule has 1 aromatic rings. The molecule has 0 fully saturated rings. The van der Waals surface area contributed by atoms with Gasteiger partial charge >= 0.3 is 6.18 Å². The number of alkyl halides is 3. The lowest BCUT2D eigenvalue weighted by Gasteiger charge is -2.14. The van der Waals surface area contributed by atoms with E-state index in [-0.39, 0.29) is 18.7 Å². The fourth-order valence-electron chi connectivity index (χ4n) is 1.50. The number of benzene rings is 1. The second-order valence-electron chi connectivity index (χ2n) is 4.08. The summed E-state index contributed by atoms with van der Waals surface area (Å²) >= 11 is 0. The van der Waals surface area contributed by atoms with Gasteiger partial charge in [0.15, 0.2) is 0 Å². The smallest absolute Gasteiger partial charge is 0.387 e. The van der Waals surface area contributed by atoms with Crippen molar-refractivity contribution >= 4 is 5.91 Å². The van der Waals surface area contributed by atoms with E-state index in [9.17, 15) is 23.1 Å². The highest BCUT2D eigenvalue weighted by molar-refractivity contribution is 5.77. The molecule has 20 heavy (non-hydrogen) atoms. The maximum Gasteiger partial charge on any atom is 0.416 e. The molecule has 4 nitrogen and oxygen atoms in total. The number of halogens is 3. The standard InChI is InChI=1S/C13H16F3NO3/c1-2-20-8-12(19)17-7-11(18)9-4-3-5-10(6-9)13(14,15)16/h3-6,11,18H,2,7-8H2,1H3,(H,17,19). The molecular weight excluding hydrogens is 275 g/mol. The van der Waals surface area contributed by atoms with E-state index in [4.69, 9.17) is 4.74 Å². The molecule has 1 aromatic carbocycles. The summed E-state index contributed by atoms with van der Waals surface area (Å²) in [7, 11) is 0. The Balaban J connectivity index is 2.59. The third-order valence-corrected chi connectivity index (χ3v) is 2.53. The van der Waals surface area contributed by atoms with E-state index >= 15 is 0 Å². The predicted molar refractivity (Wildman–Crippen MR) is 65.9 cm³/mol. The van der Waals surface area contributed by atoms with Crippen LogP contribution in [0.15, 0.2) is 24.3 Å². The summed E-state index contributed by atoms with van der Waals surface area (Å²) in [5, 5.41) is 12.1. The monoisotopic (exact) mass is 291 g/mol. The Morgan fingerprint density at radius 3 is 2.75 bits per heavy atom. The lowest BCUT2D eigenvalue weighted by atomic mass is 10.1. The van der Waals surface area contributed by atoms with Gasteiger partial charge in [-0.2, -0.15) is 13.2 Å². The van der Waals surface area contributed by atoms with Gasteiger partial charge in [0.1, 0.15) is 6.61 Å². The number of amides is 1. The minimum Gasteiger partial charge on any atom is -0.387 e. The molecular formula is C13H16F3NO3. The van der Waals surface area contributed by atoms with E-state index in [2.05, 4.69) is 5.32 Å². The lowest BCUT2D eigenvalue weighted by Crippen LogP contribution is -2.31. The molecule has 1 rings (SSSR count). The van der Waals surface area contributed by atoms with Gasteiger partial charge in [-0.1, -0.05) is 12.1 Å². The van der Waals surface area contributed by atoms with Gasteiger partial charge in [-0.25, -0.2) is 0 Å². The van der Waals surface area contributed by atoms with Gasteiger partial charge in [0.2, 0.25) is 5.91 Å². The zero-order chi connectivity index (χ0) is 15.2. The maximum absolute atomic E-state index is 12.5. The molecule has 0 aliphatic rings. The zero-order valence-electron chi connectivity index (χ0n) is 10.9. The molecule has 0 saturated carbocycles. The van der Waals surface area contributed by atoms with Crippen molar-refractivity contribution in [3.05, 3.63) is 35.4 Å². The van der Waals surface area contributed by atoms with Gasteiger partial charge in [-0.15, -0.1) is 0 Å². The summed E-state index contributed by atoms with van der Waals surface area (Å²) in [5.41, 5.74) is -0.744. The molecule has 0 saturated heterocycles. The Hall–Kier alpha value is -1.60. The number of hydrogen-bond donors (Lipinski definition) is 2. The second kappa shape index (κ2) is 7.25. The number of ether oxygens (including phenoxy) is 1. The highest BCUT2D eigenvalue weighted by Crippen LogP contribution is 2.30. The Kier molecular flexibility index (Phi) is 5.97. The van der Waals surface area contributed by atoms with E-state index in [1.807, 2.05) is 0 Å². The van der Waals surface area contributed by atoms with Gasteiger partial charge in [-0.3, -0.25) is 4.79 Å². The van der Waals surface area contributed by atoms with Crippen LogP contribution in [0.5, 0.6) is 0 Å². The predicted octanol–water partition coefficient (Wildman–Crippen LogP) is 1.89. The van der Waals surface area contributed by atoms with E-state index in [1.165, 1.54) is 12.1 Å². The first-order chi connectivity index (χ1) is 9.34. The molecule has 0 bridgehead atoms. The van der Waals surface area contributed by atoms with E-state index in [0.717, 1.165) is 12.1 Å². The van der Waals surface area contributed by atoms with Crippen molar-refractivity contribution in [2.45, 2.75) is 19.2 Å². The van der Waals surface area contributed by atoms with Crippen LogP contribution in [0.2, 0.25) is 0 Å². The summed E-state index contributed by atoms with van der Waals surface area (Å²) in [4.78, 5) is 11.2. The number of rotatable bonds is 6. The first-order valence-corrected chi connectivity index (χ1v) is 6.04. The van der Waals surface area contributed by atoms with Gasteiger partial charge in [0, 0.05) is 13.2 Å². The topological polar surface area (TPSA) is 58.6 Å². The molecule has 0 radical (unpaired) electrons. The fourth-order valence-corrected chi connectivity index (χ4v) is 1.50. The average Bonchev–Trinajstić information content (AvgIpc) is 2.41. The number of nitrogens with one attached hydrogen (secondary N) is 1. The number of carbonyl (C=O) groups excluding carboxylic acids is 1. The Labute approximate surface area is 114 Å². The SMILES string of the molecule is CCOCC(=O)NCC(O)c1cccc(C(F)(F)F)c1. The van der Waals surface area contributed by atoms with Gasteiger partial charge < -0.3 is 15.2 Å². The van der Waals surface area contributed by atoms with Crippen molar-refractivity contribution in [2.75, 3.05) is 19.8 Å². The molecule has 2 N–H and O–H groups in total. The minimum absolute atomic E-state index is 0.0940. The van der Waals surface area contributed by atoms with Gasteiger partial charge in [0.25, 0.3) is 0 Å². The Morgan fingerprint density at radius 2 is 2.15 bits per heavy atom. The third-order valence-electron chi connectivity index (χ3n) is 2.53. The third kappa shape index (κ3) is 5.18. The van der Waals surface area contributed by atoms with Crippen LogP contribution in [0, 0.1) is 0 Å². The van der Waals surface area contributed by atoms with Crippen molar-refractivity contribution in [2.24, 2.45) is 0 Å². The van der Waals surface area contributed by atoms with Crippen LogP contribution < -0.4 is 5.32 Å². The molecule has 0 aliphatic heterocycles. The van der Waals surface area contributed by atoms with Crippen molar-refractivity contribution in [3.8, 4) is 0 Å². The quantitative estimate of drug-likeness (QED) is 0.841. The number of aliphatic hydroxyl groups is 1. The van der Waals surface area contributed by atoms with Crippen molar-refractivity contribution in [3.63, 3.8) is 0 Å². The van der Waals surface area contributed by atoms with Gasteiger partial charge in [-0.05, 0) is 24.6 Å². The van der Waals surface area contributed by atoms with Crippen LogP contribution in [-0.2, 0) is 15.7 Å². The normalized spacial score (nSPS) is 13.1. The fraction of sp³-hybridized carbons (Fsp3) is 0.462. The Bertz CT molecular complexity index is 449. The van der Waals surface area contributed by atoms with Gasteiger partial charge in [0.05, 0.1) is 11.7 Å². The van der Waals surface area contributed by atoms with Crippen LogP contribution in [-0.4, -0.2) is 30.8 Å². The Morgan fingerprint density at radius 1 is 1.45 bits per heavy atom. The number of aliphatic hydroxyl groups excluding tert-OH is 1. The summed E-state index contributed by atoms with van der Waals surface area (Å²) in [6.07, 6.45) is -5.67. The first-order valence-electron chi connectivity index (χ1n) is 6.04. The molecule has 1 atom stereocenters. The van der Waals surface area contributed by atoms with E-state index in [0.29, 0.717) is 6.61 Å². The highest BCUT2D eigenvalue weighted by Gasteiger charge is 2.30. The van der Waals surface area contributed by atoms with Crippen molar-refractivity contribution in [1.29, 1.82) is 0 Å². The summed E-state index contributed by atoms with van der Waals surface area (Å²) < 4.78 is 42.4. The van der Waals surface area contributed by atoms with Crippen molar-refractivity contribution < 1.29 is 27.8 Å². The van der Waals surface area contributed by atoms with E-state index in [1.54, 1.807) is 6.92 Å². The summed E-state index contributed by atoms with van der Waals surface area (Å²) in [6, 6.07) is 4.36.